The van der Waals surface area contributed by atoms with Crippen LogP contribution in [0.5, 0.6) is 0 Å². The summed E-state index contributed by atoms with van der Waals surface area (Å²) in [6.07, 6.45) is 2.30. The van der Waals surface area contributed by atoms with Crippen molar-refractivity contribution in [3.05, 3.63) is 58.3 Å². The minimum absolute atomic E-state index is 0. The summed E-state index contributed by atoms with van der Waals surface area (Å²) in [7, 11) is 0. The zero-order chi connectivity index (χ0) is 19.9. The normalized spacial score (nSPS) is 16.6. The van der Waals surface area contributed by atoms with E-state index in [0.717, 1.165) is 12.0 Å². The van der Waals surface area contributed by atoms with Gasteiger partial charge >= 0.3 is 0 Å². The molecule has 3 rings (SSSR count). The smallest absolute Gasteiger partial charge is 0.227 e. The van der Waals surface area contributed by atoms with E-state index in [1.807, 2.05) is 48.2 Å². The SMILES string of the molecule is CC(C(=O)N1CCC(C(=O)NCCc2cccs2)CC1)C(N)c1ccccc1.Cl. The summed E-state index contributed by atoms with van der Waals surface area (Å²) in [4.78, 5) is 28.4. The molecule has 1 fully saturated rings. The average Bonchev–Trinajstić information content (AvgIpc) is 3.26. The monoisotopic (exact) mass is 435 g/mol. The number of carbonyl (C=O) groups excluding carboxylic acids is 2. The summed E-state index contributed by atoms with van der Waals surface area (Å²) in [6, 6.07) is 13.5. The van der Waals surface area contributed by atoms with Crippen molar-refractivity contribution >= 4 is 35.6 Å². The summed E-state index contributed by atoms with van der Waals surface area (Å²) in [6.45, 7) is 3.80. The van der Waals surface area contributed by atoms with Crippen LogP contribution < -0.4 is 11.1 Å². The third-order valence-electron chi connectivity index (χ3n) is 5.54. The molecule has 2 aromatic rings. The molecular formula is C22H30ClN3O2S. The van der Waals surface area contributed by atoms with E-state index >= 15 is 0 Å². The fourth-order valence-corrected chi connectivity index (χ4v) is 4.38. The van der Waals surface area contributed by atoms with Crippen molar-refractivity contribution in [3.63, 3.8) is 0 Å². The zero-order valence-corrected chi connectivity index (χ0v) is 18.4. The lowest BCUT2D eigenvalue weighted by Crippen LogP contribution is -2.46. The van der Waals surface area contributed by atoms with Gasteiger partial charge in [-0.2, -0.15) is 0 Å². The van der Waals surface area contributed by atoms with E-state index in [0.29, 0.717) is 32.5 Å². The van der Waals surface area contributed by atoms with Crippen molar-refractivity contribution in [1.82, 2.24) is 10.2 Å². The molecule has 29 heavy (non-hydrogen) atoms. The molecule has 2 heterocycles. The lowest BCUT2D eigenvalue weighted by atomic mass is 9.91. The molecule has 1 aromatic carbocycles. The molecule has 158 valence electrons. The van der Waals surface area contributed by atoms with E-state index in [4.69, 9.17) is 5.73 Å². The summed E-state index contributed by atoms with van der Waals surface area (Å²) >= 11 is 1.71. The predicted octanol–water partition coefficient (Wildman–Crippen LogP) is 3.40. The van der Waals surface area contributed by atoms with Crippen LogP contribution in [0.15, 0.2) is 47.8 Å². The number of thiophene rings is 1. The van der Waals surface area contributed by atoms with Gasteiger partial charge in [0.05, 0.1) is 5.92 Å². The van der Waals surface area contributed by atoms with E-state index in [-0.39, 0.29) is 42.1 Å². The van der Waals surface area contributed by atoms with Gasteiger partial charge in [0.1, 0.15) is 0 Å². The van der Waals surface area contributed by atoms with Crippen LogP contribution in [0, 0.1) is 11.8 Å². The molecule has 0 bridgehead atoms. The number of nitrogens with zero attached hydrogens (tertiary/aromatic N) is 1. The van der Waals surface area contributed by atoms with Gasteiger partial charge in [0.15, 0.2) is 0 Å². The number of amides is 2. The Morgan fingerprint density at radius 1 is 1.17 bits per heavy atom. The van der Waals surface area contributed by atoms with Crippen LogP contribution in [0.4, 0.5) is 0 Å². The van der Waals surface area contributed by atoms with Crippen LogP contribution in [0.2, 0.25) is 0 Å². The van der Waals surface area contributed by atoms with E-state index < -0.39 is 0 Å². The third-order valence-corrected chi connectivity index (χ3v) is 6.48. The van der Waals surface area contributed by atoms with Crippen LogP contribution in [0.1, 0.15) is 36.2 Å². The van der Waals surface area contributed by atoms with Gasteiger partial charge in [0, 0.05) is 36.5 Å². The highest BCUT2D eigenvalue weighted by molar-refractivity contribution is 7.09. The minimum Gasteiger partial charge on any atom is -0.355 e. The van der Waals surface area contributed by atoms with Gasteiger partial charge in [-0.3, -0.25) is 9.59 Å². The van der Waals surface area contributed by atoms with Crippen molar-refractivity contribution < 1.29 is 9.59 Å². The Bertz CT molecular complexity index is 762. The van der Waals surface area contributed by atoms with Gasteiger partial charge in [-0.15, -0.1) is 23.7 Å². The number of hydrogen-bond acceptors (Lipinski definition) is 4. The first-order chi connectivity index (χ1) is 13.6. The fourth-order valence-electron chi connectivity index (χ4n) is 3.68. The molecule has 0 radical (unpaired) electrons. The molecule has 0 saturated carbocycles. The molecule has 2 amide bonds. The Morgan fingerprint density at radius 2 is 1.86 bits per heavy atom. The molecule has 1 aromatic heterocycles. The maximum atomic E-state index is 12.8. The Hall–Kier alpha value is -1.89. The Morgan fingerprint density at radius 3 is 2.48 bits per heavy atom. The maximum Gasteiger partial charge on any atom is 0.227 e. The number of likely N-dealkylation sites (tertiary alicyclic amines) is 1. The van der Waals surface area contributed by atoms with Crippen LogP contribution in [0.3, 0.4) is 0 Å². The lowest BCUT2D eigenvalue weighted by Gasteiger charge is -2.34. The molecule has 5 nitrogen and oxygen atoms in total. The highest BCUT2D eigenvalue weighted by Gasteiger charge is 2.31. The van der Waals surface area contributed by atoms with Gasteiger partial charge in [0.2, 0.25) is 11.8 Å². The molecule has 0 aliphatic carbocycles. The second kappa shape index (κ2) is 11.3. The minimum atomic E-state index is -0.313. The Balaban J connectivity index is 0.00000300. The van der Waals surface area contributed by atoms with Crippen LogP contribution in [-0.4, -0.2) is 36.3 Å². The van der Waals surface area contributed by atoms with Gasteiger partial charge in [0.25, 0.3) is 0 Å². The highest BCUT2D eigenvalue weighted by Crippen LogP contribution is 2.24. The number of nitrogens with one attached hydrogen (secondary N) is 1. The number of carbonyl (C=O) groups is 2. The Labute approximate surface area is 183 Å². The quantitative estimate of drug-likeness (QED) is 0.699. The van der Waals surface area contributed by atoms with Crippen LogP contribution >= 0.6 is 23.7 Å². The topological polar surface area (TPSA) is 75.4 Å². The number of nitrogens with two attached hydrogens (primary N) is 1. The molecule has 2 unspecified atom stereocenters. The number of halogens is 1. The molecule has 1 saturated heterocycles. The van der Waals surface area contributed by atoms with Gasteiger partial charge in [-0.05, 0) is 36.3 Å². The standard InChI is InChI=1S/C22H29N3O2S.ClH/c1-16(20(23)17-6-3-2-4-7-17)22(27)25-13-10-18(11-14-25)21(26)24-12-9-19-8-5-15-28-19;/h2-8,15-16,18,20H,9-14,23H2,1H3,(H,24,26);1H. The molecule has 3 N–H and O–H groups in total. The van der Waals surface area contributed by atoms with Crippen molar-refractivity contribution in [2.45, 2.75) is 32.2 Å². The molecule has 7 heteroatoms. The zero-order valence-electron chi connectivity index (χ0n) is 16.8. The lowest BCUT2D eigenvalue weighted by molar-refractivity contribution is -0.139. The highest BCUT2D eigenvalue weighted by atomic mass is 35.5. The summed E-state index contributed by atoms with van der Waals surface area (Å²) in [5, 5.41) is 5.09. The third kappa shape index (κ3) is 6.29. The first-order valence-electron chi connectivity index (χ1n) is 9.95. The Kier molecular flexibility index (Phi) is 9.14. The predicted molar refractivity (Wildman–Crippen MR) is 120 cm³/mol. The number of hydrogen-bond donors (Lipinski definition) is 2. The van der Waals surface area contributed by atoms with E-state index in [2.05, 4.69) is 16.8 Å². The van der Waals surface area contributed by atoms with E-state index in [1.165, 1.54) is 4.88 Å². The molecule has 0 spiro atoms. The molecular weight excluding hydrogens is 406 g/mol. The van der Waals surface area contributed by atoms with Gasteiger partial charge in [-0.25, -0.2) is 0 Å². The van der Waals surface area contributed by atoms with Crippen molar-refractivity contribution in [1.29, 1.82) is 0 Å². The summed E-state index contributed by atoms with van der Waals surface area (Å²) < 4.78 is 0. The van der Waals surface area contributed by atoms with E-state index in [1.54, 1.807) is 11.3 Å². The fraction of sp³-hybridized carbons (Fsp3) is 0.455. The van der Waals surface area contributed by atoms with Gasteiger partial charge < -0.3 is 16.0 Å². The summed E-state index contributed by atoms with van der Waals surface area (Å²) in [5.74, 6) is -0.102. The first kappa shape index (κ1) is 23.4. The van der Waals surface area contributed by atoms with Crippen LogP contribution in [-0.2, 0) is 16.0 Å². The largest absolute Gasteiger partial charge is 0.355 e. The molecule has 2 atom stereocenters. The number of rotatable bonds is 7. The molecule has 1 aliphatic heterocycles. The van der Waals surface area contributed by atoms with Crippen LogP contribution in [0.25, 0.3) is 0 Å². The van der Waals surface area contributed by atoms with Gasteiger partial charge in [-0.1, -0.05) is 43.3 Å². The second-order valence-corrected chi connectivity index (χ2v) is 8.48. The average molecular weight is 436 g/mol. The van der Waals surface area contributed by atoms with Crippen molar-refractivity contribution in [2.75, 3.05) is 19.6 Å². The molecule has 1 aliphatic rings. The second-order valence-electron chi connectivity index (χ2n) is 7.45. The van der Waals surface area contributed by atoms with Crippen molar-refractivity contribution in [3.8, 4) is 0 Å². The van der Waals surface area contributed by atoms with E-state index in [9.17, 15) is 9.59 Å². The number of benzene rings is 1. The first-order valence-corrected chi connectivity index (χ1v) is 10.8. The maximum absolute atomic E-state index is 12.8. The number of piperidine rings is 1. The van der Waals surface area contributed by atoms with Crippen molar-refractivity contribution in [2.24, 2.45) is 17.6 Å². The summed E-state index contributed by atoms with van der Waals surface area (Å²) in [5.41, 5.74) is 7.28.